The number of methoxy groups -OCH3 is 1. The zero-order chi connectivity index (χ0) is 19.6. The van der Waals surface area contributed by atoms with Gasteiger partial charge < -0.3 is 10.1 Å². The molecule has 1 saturated heterocycles. The first-order valence-electron chi connectivity index (χ1n) is 9.31. The molecule has 0 radical (unpaired) electrons. The molecule has 148 valence electrons. The first kappa shape index (κ1) is 18.9. The molecule has 8 heteroatoms. The Kier molecular flexibility index (Phi) is 5.34. The molecule has 7 nitrogen and oxygen atoms in total. The lowest BCUT2D eigenvalue weighted by molar-refractivity contribution is 0.140. The highest BCUT2D eigenvalue weighted by Gasteiger charge is 2.26. The predicted octanol–water partition coefficient (Wildman–Crippen LogP) is 2.03. The molecule has 0 amide bonds. The smallest absolute Gasteiger partial charge is 0.286 e. The second kappa shape index (κ2) is 7.90. The summed E-state index contributed by atoms with van der Waals surface area (Å²) in [4.78, 5) is 4.87. The van der Waals surface area contributed by atoms with Crippen LogP contribution in [0.15, 0.2) is 57.8 Å². The van der Waals surface area contributed by atoms with E-state index in [1.165, 1.54) is 5.56 Å². The number of nitrogens with one attached hydrogen (secondary N) is 1. The quantitative estimate of drug-likeness (QED) is 0.828. The molecule has 28 heavy (non-hydrogen) atoms. The van der Waals surface area contributed by atoms with Gasteiger partial charge in [0.25, 0.3) is 10.0 Å². The molecule has 0 atom stereocenters. The molecule has 2 heterocycles. The maximum Gasteiger partial charge on any atom is 0.286 e. The molecule has 1 N–H and O–H groups in total. The summed E-state index contributed by atoms with van der Waals surface area (Å²) >= 11 is 0. The Morgan fingerprint density at radius 2 is 1.71 bits per heavy atom. The van der Waals surface area contributed by atoms with Gasteiger partial charge in [-0.05, 0) is 29.8 Å². The molecule has 2 aliphatic rings. The molecule has 1 fully saturated rings. The Balaban J connectivity index is 1.34. The van der Waals surface area contributed by atoms with E-state index < -0.39 is 10.0 Å². The van der Waals surface area contributed by atoms with Crippen molar-refractivity contribution in [3.05, 3.63) is 54.1 Å². The molecular formula is C20H24N4O3S. The van der Waals surface area contributed by atoms with Gasteiger partial charge in [0.2, 0.25) is 0 Å². The molecule has 0 aliphatic carbocycles. The van der Waals surface area contributed by atoms with Crippen LogP contribution in [0, 0.1) is 0 Å². The third-order valence-electron chi connectivity index (χ3n) is 5.05. The lowest BCUT2D eigenvalue weighted by Crippen LogP contribution is -2.48. The largest absolute Gasteiger partial charge is 0.497 e. The van der Waals surface area contributed by atoms with Gasteiger partial charge in [0, 0.05) is 32.7 Å². The lowest BCUT2D eigenvalue weighted by atomic mass is 10.2. The number of amidine groups is 1. The van der Waals surface area contributed by atoms with Gasteiger partial charge in [-0.3, -0.25) is 9.80 Å². The fourth-order valence-corrected chi connectivity index (χ4v) is 4.72. The third kappa shape index (κ3) is 4.19. The standard InChI is InChI=1S/C20H24N4O3S/c1-27-17-6-4-5-16(13-17)14-23-9-11-24(12-10-23)15-20-21-18-7-2-3-8-19(18)28(25,26)22-20/h2-8,13H,9-12,14-15H2,1H3,(H,21,22). The van der Waals surface area contributed by atoms with Gasteiger partial charge in [-0.25, -0.2) is 0 Å². The number of nitrogens with zero attached hydrogens (tertiary/aromatic N) is 3. The van der Waals surface area contributed by atoms with Gasteiger partial charge in [-0.2, -0.15) is 8.42 Å². The number of fused-ring (bicyclic) bond motifs is 1. The normalized spacial score (nSPS) is 19.4. The molecule has 2 aliphatic heterocycles. The van der Waals surface area contributed by atoms with Gasteiger partial charge in [0.05, 0.1) is 19.3 Å². The van der Waals surface area contributed by atoms with Crippen LogP contribution in [0.4, 0.5) is 5.69 Å². The van der Waals surface area contributed by atoms with Crippen molar-refractivity contribution in [2.45, 2.75) is 11.4 Å². The van der Waals surface area contributed by atoms with E-state index in [-0.39, 0.29) is 4.90 Å². The van der Waals surface area contributed by atoms with Crippen LogP contribution >= 0.6 is 0 Å². The maximum atomic E-state index is 12.4. The molecule has 2 aromatic rings. The summed E-state index contributed by atoms with van der Waals surface area (Å²) in [6.45, 7) is 4.97. The molecule has 0 saturated carbocycles. The predicted molar refractivity (Wildman–Crippen MR) is 109 cm³/mol. The molecule has 2 aromatic carbocycles. The minimum absolute atomic E-state index is 0.238. The molecule has 0 unspecified atom stereocenters. The summed E-state index contributed by atoms with van der Waals surface area (Å²) < 4.78 is 34.0. The van der Waals surface area contributed by atoms with Crippen LogP contribution in [0.1, 0.15) is 5.56 Å². The molecule has 0 bridgehead atoms. The van der Waals surface area contributed by atoms with Crippen molar-refractivity contribution in [1.82, 2.24) is 9.80 Å². The van der Waals surface area contributed by atoms with Crippen LogP contribution in [-0.2, 0) is 16.6 Å². The number of sulfonamides is 1. The molecular weight excluding hydrogens is 376 g/mol. The van der Waals surface area contributed by atoms with Crippen LogP contribution in [-0.4, -0.2) is 63.9 Å². The number of ether oxygens (including phenoxy) is 1. The molecule has 0 spiro atoms. The first-order valence-corrected chi connectivity index (χ1v) is 10.7. The van der Waals surface area contributed by atoms with E-state index in [4.69, 9.17) is 4.74 Å². The van der Waals surface area contributed by atoms with Crippen LogP contribution < -0.4 is 10.1 Å². The number of hydrogen-bond donors (Lipinski definition) is 1. The third-order valence-corrected chi connectivity index (χ3v) is 6.43. The molecule has 0 aromatic heterocycles. The van der Waals surface area contributed by atoms with Crippen molar-refractivity contribution < 1.29 is 13.2 Å². The Morgan fingerprint density at radius 1 is 1.00 bits per heavy atom. The van der Waals surface area contributed by atoms with Gasteiger partial charge in [-0.15, -0.1) is 4.40 Å². The summed E-state index contributed by atoms with van der Waals surface area (Å²) in [5, 5.41) is 3.17. The van der Waals surface area contributed by atoms with Crippen molar-refractivity contribution in [3.8, 4) is 5.75 Å². The minimum Gasteiger partial charge on any atom is -0.497 e. The topological polar surface area (TPSA) is 74.2 Å². The van der Waals surface area contributed by atoms with E-state index in [1.54, 1.807) is 25.3 Å². The van der Waals surface area contributed by atoms with Crippen molar-refractivity contribution in [2.24, 2.45) is 4.40 Å². The summed E-state index contributed by atoms with van der Waals surface area (Å²) in [5.41, 5.74) is 1.83. The summed E-state index contributed by atoms with van der Waals surface area (Å²) in [6.07, 6.45) is 0. The van der Waals surface area contributed by atoms with Crippen molar-refractivity contribution in [3.63, 3.8) is 0 Å². The summed E-state index contributed by atoms with van der Waals surface area (Å²) in [7, 11) is -1.94. The van der Waals surface area contributed by atoms with Crippen molar-refractivity contribution in [2.75, 3.05) is 45.2 Å². The zero-order valence-corrected chi connectivity index (χ0v) is 16.7. The van der Waals surface area contributed by atoms with Crippen molar-refractivity contribution in [1.29, 1.82) is 0 Å². The Labute approximate surface area is 165 Å². The first-order chi connectivity index (χ1) is 13.5. The van der Waals surface area contributed by atoms with Gasteiger partial charge in [-0.1, -0.05) is 24.3 Å². The Hall–Kier alpha value is -2.42. The van der Waals surface area contributed by atoms with E-state index in [0.717, 1.165) is 38.5 Å². The van der Waals surface area contributed by atoms with Gasteiger partial charge in [0.1, 0.15) is 16.5 Å². The van der Waals surface area contributed by atoms with Crippen LogP contribution in [0.2, 0.25) is 0 Å². The fraction of sp³-hybridized carbons (Fsp3) is 0.350. The maximum absolute atomic E-state index is 12.4. The van der Waals surface area contributed by atoms with Crippen LogP contribution in [0.5, 0.6) is 5.75 Å². The van der Waals surface area contributed by atoms with E-state index in [2.05, 4.69) is 31.6 Å². The lowest BCUT2D eigenvalue weighted by Gasteiger charge is -2.35. The van der Waals surface area contributed by atoms with E-state index in [1.807, 2.05) is 18.2 Å². The highest BCUT2D eigenvalue weighted by molar-refractivity contribution is 7.90. The van der Waals surface area contributed by atoms with E-state index in [9.17, 15) is 8.42 Å². The van der Waals surface area contributed by atoms with Crippen LogP contribution in [0.25, 0.3) is 0 Å². The number of hydrogen-bond acceptors (Lipinski definition) is 6. The fourth-order valence-electron chi connectivity index (χ4n) is 3.58. The minimum atomic E-state index is -3.62. The highest BCUT2D eigenvalue weighted by atomic mass is 32.2. The summed E-state index contributed by atoms with van der Waals surface area (Å²) in [5.74, 6) is 1.36. The Morgan fingerprint density at radius 3 is 2.46 bits per heavy atom. The van der Waals surface area contributed by atoms with E-state index >= 15 is 0 Å². The average Bonchev–Trinajstić information content (AvgIpc) is 2.69. The van der Waals surface area contributed by atoms with Crippen molar-refractivity contribution >= 4 is 21.5 Å². The SMILES string of the molecule is COc1cccc(CN2CCN(CC3=NS(=O)(=O)c4ccccc4N3)CC2)c1. The molecule has 4 rings (SSSR count). The number of piperazine rings is 1. The Bertz CT molecular complexity index is 982. The zero-order valence-electron chi connectivity index (χ0n) is 15.8. The van der Waals surface area contributed by atoms with Gasteiger partial charge in [0.15, 0.2) is 0 Å². The number of anilines is 1. The monoisotopic (exact) mass is 400 g/mol. The number of rotatable bonds is 5. The second-order valence-corrected chi connectivity index (χ2v) is 8.61. The second-order valence-electron chi connectivity index (χ2n) is 7.04. The average molecular weight is 401 g/mol. The van der Waals surface area contributed by atoms with Crippen LogP contribution in [0.3, 0.4) is 0 Å². The van der Waals surface area contributed by atoms with Gasteiger partial charge >= 0.3 is 0 Å². The van der Waals surface area contributed by atoms with E-state index in [0.29, 0.717) is 18.1 Å². The number of para-hydroxylation sites is 1. The number of benzene rings is 2. The highest BCUT2D eigenvalue weighted by Crippen LogP contribution is 2.26. The summed E-state index contributed by atoms with van der Waals surface area (Å²) in [6, 6.07) is 15.0.